The first-order valence-electron chi connectivity index (χ1n) is 7.48. The van der Waals surface area contributed by atoms with Crippen LogP contribution in [-0.2, 0) is 11.3 Å². The molecule has 3 rings (SSSR count). The van der Waals surface area contributed by atoms with Crippen molar-refractivity contribution in [2.45, 2.75) is 20.3 Å². The van der Waals surface area contributed by atoms with Crippen LogP contribution in [0.4, 0.5) is 10.5 Å². The number of para-hydroxylation sites is 1. The third-order valence-electron chi connectivity index (χ3n) is 3.75. The van der Waals surface area contributed by atoms with E-state index in [9.17, 15) is 4.79 Å². The van der Waals surface area contributed by atoms with Crippen molar-refractivity contribution in [2.24, 2.45) is 5.16 Å². The summed E-state index contributed by atoms with van der Waals surface area (Å²) >= 11 is 0. The normalized spacial score (nSPS) is 13.2. The lowest BCUT2D eigenvalue weighted by Crippen LogP contribution is -2.12. The van der Waals surface area contributed by atoms with Crippen molar-refractivity contribution < 1.29 is 14.4 Å². The number of carbonyl (C=O) groups is 1. The number of benzene rings is 2. The number of hydrogen-bond acceptors (Lipinski definition) is 4. The second-order valence-corrected chi connectivity index (χ2v) is 5.42. The van der Waals surface area contributed by atoms with Gasteiger partial charge in [-0.1, -0.05) is 23.4 Å². The van der Waals surface area contributed by atoms with E-state index in [2.05, 4.69) is 10.5 Å². The molecule has 0 unspecified atom stereocenters. The van der Waals surface area contributed by atoms with Crippen LogP contribution in [0, 0.1) is 6.92 Å². The fourth-order valence-corrected chi connectivity index (χ4v) is 2.42. The Kier molecular flexibility index (Phi) is 4.28. The first-order valence-corrected chi connectivity index (χ1v) is 7.48. The smallest absolute Gasteiger partial charge is 0.437 e. The van der Waals surface area contributed by atoms with Crippen LogP contribution in [0.2, 0.25) is 0 Å². The number of ether oxygens (including phenoxy) is 1. The van der Waals surface area contributed by atoms with Crippen molar-refractivity contribution >= 4 is 17.5 Å². The quantitative estimate of drug-likeness (QED) is 0.531. The Bertz CT molecular complexity index is 769. The number of nitrogens with one attached hydrogen (secondary N) is 1. The molecule has 118 valence electrons. The van der Waals surface area contributed by atoms with E-state index in [0.717, 1.165) is 28.9 Å². The molecule has 0 aliphatic carbocycles. The zero-order valence-corrected chi connectivity index (χ0v) is 13.1. The van der Waals surface area contributed by atoms with E-state index in [1.54, 1.807) is 6.92 Å². The highest BCUT2D eigenvalue weighted by Crippen LogP contribution is 2.26. The highest BCUT2D eigenvalue weighted by molar-refractivity contribution is 5.99. The Hall–Kier alpha value is -2.82. The van der Waals surface area contributed by atoms with Gasteiger partial charge in [-0.05, 0) is 54.8 Å². The second kappa shape index (κ2) is 6.52. The number of rotatable bonds is 3. The summed E-state index contributed by atoms with van der Waals surface area (Å²) in [5.41, 5.74) is 4.38. The van der Waals surface area contributed by atoms with Crippen molar-refractivity contribution in [2.75, 3.05) is 11.9 Å². The van der Waals surface area contributed by atoms with E-state index in [4.69, 9.17) is 9.57 Å². The fourth-order valence-electron chi connectivity index (χ4n) is 2.42. The van der Waals surface area contributed by atoms with E-state index >= 15 is 0 Å². The minimum absolute atomic E-state index is 0.608. The van der Waals surface area contributed by atoms with E-state index in [0.29, 0.717) is 18.0 Å². The Morgan fingerprint density at radius 3 is 2.91 bits per heavy atom. The van der Waals surface area contributed by atoms with Gasteiger partial charge in [0.15, 0.2) is 0 Å². The van der Waals surface area contributed by atoms with Crippen LogP contribution in [0.25, 0.3) is 0 Å². The molecule has 2 aromatic carbocycles. The van der Waals surface area contributed by atoms with Crippen LogP contribution < -0.4 is 10.1 Å². The molecule has 1 aliphatic heterocycles. The molecule has 5 heteroatoms. The number of carbonyl (C=O) groups excluding carboxylic acids is 1. The third-order valence-corrected chi connectivity index (χ3v) is 3.75. The maximum atomic E-state index is 11.8. The number of nitrogens with zero attached hydrogens (tertiary/aromatic N) is 1. The lowest BCUT2D eigenvalue weighted by molar-refractivity contribution is 0.166. The molecule has 0 bridgehead atoms. The highest BCUT2D eigenvalue weighted by Gasteiger charge is 2.13. The zero-order valence-electron chi connectivity index (χ0n) is 13.1. The average Bonchev–Trinajstić information content (AvgIpc) is 3.02. The predicted octanol–water partition coefficient (Wildman–Crippen LogP) is 3.90. The highest BCUT2D eigenvalue weighted by atomic mass is 16.7. The molecule has 2 aromatic rings. The van der Waals surface area contributed by atoms with Crippen LogP contribution in [0.15, 0.2) is 47.6 Å². The van der Waals surface area contributed by atoms with E-state index < -0.39 is 6.09 Å². The van der Waals surface area contributed by atoms with Gasteiger partial charge in [0.05, 0.1) is 12.3 Å². The summed E-state index contributed by atoms with van der Waals surface area (Å²) < 4.78 is 5.47. The standard InChI is InChI=1S/C18H18N2O3/c1-12-5-3-4-6-16(12)19-18(21)23-20-13(2)14-7-8-17-15(11-14)9-10-22-17/h3-8,11H,9-10H2,1-2H3,(H,19,21)/b20-13-. The maximum absolute atomic E-state index is 11.8. The molecular weight excluding hydrogens is 292 g/mol. The van der Waals surface area contributed by atoms with Gasteiger partial charge in [-0.25, -0.2) is 4.79 Å². The molecule has 1 N–H and O–H groups in total. The van der Waals surface area contributed by atoms with Crippen molar-refractivity contribution in [1.82, 2.24) is 0 Å². The molecule has 0 atom stereocenters. The topological polar surface area (TPSA) is 59.9 Å². The summed E-state index contributed by atoms with van der Waals surface area (Å²) in [7, 11) is 0. The monoisotopic (exact) mass is 310 g/mol. The van der Waals surface area contributed by atoms with Crippen molar-refractivity contribution in [1.29, 1.82) is 0 Å². The van der Waals surface area contributed by atoms with Gasteiger partial charge in [0.2, 0.25) is 0 Å². The Morgan fingerprint density at radius 2 is 2.09 bits per heavy atom. The van der Waals surface area contributed by atoms with Gasteiger partial charge in [0.1, 0.15) is 5.75 Å². The summed E-state index contributed by atoms with van der Waals surface area (Å²) in [5, 5.41) is 6.58. The molecule has 0 saturated heterocycles. The largest absolute Gasteiger partial charge is 0.493 e. The van der Waals surface area contributed by atoms with Gasteiger partial charge in [-0.15, -0.1) is 0 Å². The van der Waals surface area contributed by atoms with Crippen molar-refractivity contribution in [3.05, 3.63) is 59.2 Å². The minimum Gasteiger partial charge on any atom is -0.493 e. The molecule has 0 fully saturated rings. The van der Waals surface area contributed by atoms with Crippen LogP contribution in [-0.4, -0.2) is 18.4 Å². The first kappa shape index (κ1) is 15.1. The van der Waals surface area contributed by atoms with Gasteiger partial charge in [0, 0.05) is 12.1 Å². The molecule has 23 heavy (non-hydrogen) atoms. The third kappa shape index (κ3) is 3.51. The van der Waals surface area contributed by atoms with Crippen molar-refractivity contribution in [3.8, 4) is 5.75 Å². The Morgan fingerprint density at radius 1 is 1.26 bits per heavy atom. The van der Waals surface area contributed by atoms with Crippen LogP contribution in [0.5, 0.6) is 5.75 Å². The fraction of sp³-hybridized carbons (Fsp3) is 0.222. The lowest BCUT2D eigenvalue weighted by Gasteiger charge is -2.07. The Labute approximate surface area is 134 Å². The van der Waals surface area contributed by atoms with Gasteiger partial charge in [-0.2, -0.15) is 0 Å². The van der Waals surface area contributed by atoms with Crippen molar-refractivity contribution in [3.63, 3.8) is 0 Å². The minimum atomic E-state index is -0.608. The number of aryl methyl sites for hydroxylation is 1. The molecule has 1 amide bonds. The molecule has 0 spiro atoms. The second-order valence-electron chi connectivity index (χ2n) is 5.42. The van der Waals surface area contributed by atoms with Crippen LogP contribution in [0.1, 0.15) is 23.6 Å². The number of hydrogen-bond donors (Lipinski definition) is 1. The molecule has 0 saturated carbocycles. The lowest BCUT2D eigenvalue weighted by atomic mass is 10.1. The summed E-state index contributed by atoms with van der Waals surface area (Å²) in [6, 6.07) is 13.3. The predicted molar refractivity (Wildman–Crippen MR) is 89.1 cm³/mol. The summed E-state index contributed by atoms with van der Waals surface area (Å²) in [6.45, 7) is 4.43. The van der Waals surface area contributed by atoms with Gasteiger partial charge >= 0.3 is 6.09 Å². The molecule has 5 nitrogen and oxygen atoms in total. The molecule has 1 heterocycles. The first-order chi connectivity index (χ1) is 11.1. The molecule has 1 aliphatic rings. The van der Waals surface area contributed by atoms with Gasteiger partial charge in [-0.3, -0.25) is 10.2 Å². The SMILES string of the molecule is C/C(=N/OC(=O)Nc1ccccc1C)c1ccc2c(c1)CCO2. The number of oxime groups is 1. The van der Waals surface area contributed by atoms with E-state index in [-0.39, 0.29) is 0 Å². The molecule has 0 radical (unpaired) electrons. The zero-order chi connectivity index (χ0) is 16.2. The number of amides is 1. The summed E-state index contributed by atoms with van der Waals surface area (Å²) in [4.78, 5) is 16.8. The number of fused-ring (bicyclic) bond motifs is 1. The summed E-state index contributed by atoms with van der Waals surface area (Å²) in [5.74, 6) is 0.916. The van der Waals surface area contributed by atoms with Crippen LogP contribution in [0.3, 0.4) is 0 Å². The van der Waals surface area contributed by atoms with Gasteiger partial charge < -0.3 is 4.74 Å². The molecular formula is C18H18N2O3. The Balaban J connectivity index is 1.65. The molecule has 0 aromatic heterocycles. The van der Waals surface area contributed by atoms with E-state index in [1.165, 1.54) is 0 Å². The van der Waals surface area contributed by atoms with Gasteiger partial charge in [0.25, 0.3) is 0 Å². The van der Waals surface area contributed by atoms with E-state index in [1.807, 2.05) is 49.4 Å². The maximum Gasteiger partial charge on any atom is 0.437 e. The number of anilines is 1. The average molecular weight is 310 g/mol. The summed E-state index contributed by atoms with van der Waals surface area (Å²) in [6.07, 6.45) is 0.286. The van der Waals surface area contributed by atoms with Crippen LogP contribution >= 0.6 is 0 Å².